The van der Waals surface area contributed by atoms with Gasteiger partial charge in [0.25, 0.3) is 0 Å². The molecule has 0 rings (SSSR count). The lowest BCUT2D eigenvalue weighted by atomic mass is 10.0. The van der Waals surface area contributed by atoms with Crippen LogP contribution in [0.2, 0.25) is 0 Å². The van der Waals surface area contributed by atoms with Gasteiger partial charge in [-0.3, -0.25) is 9.59 Å². The second-order valence-electron chi connectivity index (χ2n) is 17.7. The van der Waals surface area contributed by atoms with Gasteiger partial charge in [0.2, 0.25) is 0 Å². The molecule has 0 aromatic heterocycles. The maximum Gasteiger partial charge on any atom is 0.306 e. The van der Waals surface area contributed by atoms with Gasteiger partial charge in [-0.1, -0.05) is 233 Å². The van der Waals surface area contributed by atoms with Crippen molar-refractivity contribution in [3.8, 4) is 0 Å². The largest absolute Gasteiger partial charge is 0.462 e. The van der Waals surface area contributed by atoms with Crippen LogP contribution in [0.25, 0.3) is 0 Å². The number of hydrogen-bond donors (Lipinski definition) is 0. The molecule has 0 N–H and O–H groups in total. The second-order valence-corrected chi connectivity index (χ2v) is 17.7. The molecule has 0 saturated carbocycles. The van der Waals surface area contributed by atoms with E-state index in [9.17, 15) is 9.59 Å². The van der Waals surface area contributed by atoms with Crippen LogP contribution in [-0.2, 0) is 23.8 Å². The standard InChI is InChI=1S/C61H102O5/c1-4-7-10-13-16-19-22-25-28-30-31-32-34-36-39-42-45-48-51-54-60(62)65-58-59(57-64-56-53-50-47-44-41-38-35-29-26-23-20-17-14-11-8-5-2)66-61(63)55-52-49-46-43-40-37-33-27-24-21-18-15-12-9-6-3/h7-8,10-11,16-17,19-20,25-26,28-29,31-32,36,38-39,41,59H,4-6,9,12-15,18,21-24,27,30,33-35,37,40,42-58H2,1-3H3/b10-7-,11-8-,19-16-,20-17-,28-25-,29-26-,32-31-,39-36-,41-38-. The molecule has 0 heterocycles. The SMILES string of the molecule is CC/C=C\C/C=C\C/C=C\C/C=C\C/C=C\CCCCCC(=O)OCC(COCCCCC/C=C\C/C=C\C/C=C\C/C=C\CC)OC(=O)CCCCCCCCCCCCCCCCC. The van der Waals surface area contributed by atoms with E-state index in [0.717, 1.165) is 122 Å². The Morgan fingerprint density at radius 3 is 1.09 bits per heavy atom. The molecule has 0 aromatic carbocycles. The van der Waals surface area contributed by atoms with Gasteiger partial charge < -0.3 is 14.2 Å². The molecule has 0 radical (unpaired) electrons. The summed E-state index contributed by atoms with van der Waals surface area (Å²) < 4.78 is 17.4. The van der Waals surface area contributed by atoms with E-state index in [0.29, 0.717) is 19.4 Å². The maximum atomic E-state index is 12.8. The van der Waals surface area contributed by atoms with Crippen molar-refractivity contribution in [1.29, 1.82) is 0 Å². The van der Waals surface area contributed by atoms with E-state index < -0.39 is 6.10 Å². The van der Waals surface area contributed by atoms with Gasteiger partial charge in [-0.15, -0.1) is 0 Å². The van der Waals surface area contributed by atoms with Crippen LogP contribution in [0, 0.1) is 0 Å². The lowest BCUT2D eigenvalue weighted by Gasteiger charge is -2.18. The minimum absolute atomic E-state index is 0.0509. The number of carbonyl (C=O) groups is 2. The van der Waals surface area contributed by atoms with Crippen molar-refractivity contribution in [3.05, 3.63) is 109 Å². The smallest absolute Gasteiger partial charge is 0.306 e. The topological polar surface area (TPSA) is 61.8 Å². The predicted octanol–water partition coefficient (Wildman–Crippen LogP) is 18.8. The van der Waals surface area contributed by atoms with Crippen molar-refractivity contribution < 1.29 is 23.8 Å². The number of carbonyl (C=O) groups excluding carboxylic acids is 2. The monoisotopic (exact) mass is 915 g/mol. The molecule has 0 bridgehead atoms. The molecule has 1 unspecified atom stereocenters. The summed E-state index contributed by atoms with van der Waals surface area (Å²) in [4.78, 5) is 25.5. The Kier molecular flexibility index (Phi) is 53.0. The summed E-state index contributed by atoms with van der Waals surface area (Å²) in [6.07, 6.45) is 76.8. The fourth-order valence-corrected chi connectivity index (χ4v) is 7.29. The van der Waals surface area contributed by atoms with Gasteiger partial charge in [-0.05, 0) is 103 Å². The zero-order valence-electron chi connectivity index (χ0n) is 43.2. The van der Waals surface area contributed by atoms with Crippen molar-refractivity contribution in [2.45, 2.75) is 245 Å². The highest BCUT2D eigenvalue weighted by Crippen LogP contribution is 2.15. The Morgan fingerprint density at radius 1 is 0.348 bits per heavy atom. The van der Waals surface area contributed by atoms with Crippen molar-refractivity contribution in [2.24, 2.45) is 0 Å². The van der Waals surface area contributed by atoms with Crippen LogP contribution in [0.4, 0.5) is 0 Å². The van der Waals surface area contributed by atoms with Gasteiger partial charge in [-0.25, -0.2) is 0 Å². The molecular weight excluding hydrogens is 813 g/mol. The first-order chi connectivity index (χ1) is 32.6. The van der Waals surface area contributed by atoms with E-state index in [4.69, 9.17) is 14.2 Å². The van der Waals surface area contributed by atoms with E-state index in [-0.39, 0.29) is 25.2 Å². The van der Waals surface area contributed by atoms with E-state index in [1.165, 1.54) is 83.5 Å². The van der Waals surface area contributed by atoms with Crippen LogP contribution in [0.3, 0.4) is 0 Å². The van der Waals surface area contributed by atoms with E-state index in [1.54, 1.807) is 0 Å². The molecule has 0 saturated heterocycles. The lowest BCUT2D eigenvalue weighted by molar-refractivity contribution is -0.163. The summed E-state index contributed by atoms with van der Waals surface area (Å²) in [5, 5.41) is 0. The molecule has 0 aromatic rings. The zero-order chi connectivity index (χ0) is 47.7. The summed E-state index contributed by atoms with van der Waals surface area (Å²) in [6.45, 7) is 7.50. The second kappa shape index (κ2) is 55.9. The average Bonchev–Trinajstić information content (AvgIpc) is 3.32. The molecule has 5 nitrogen and oxygen atoms in total. The maximum absolute atomic E-state index is 12.8. The normalized spacial score (nSPS) is 13.1. The number of hydrogen-bond acceptors (Lipinski definition) is 5. The molecule has 5 heteroatoms. The van der Waals surface area contributed by atoms with Gasteiger partial charge in [0.05, 0.1) is 6.61 Å². The van der Waals surface area contributed by atoms with Crippen molar-refractivity contribution in [2.75, 3.05) is 19.8 Å². The highest BCUT2D eigenvalue weighted by molar-refractivity contribution is 5.70. The Morgan fingerprint density at radius 2 is 0.682 bits per heavy atom. The molecule has 0 fully saturated rings. The minimum Gasteiger partial charge on any atom is -0.462 e. The van der Waals surface area contributed by atoms with Crippen molar-refractivity contribution in [3.63, 3.8) is 0 Å². The number of rotatable bonds is 49. The molecular formula is C61H102O5. The van der Waals surface area contributed by atoms with Crippen molar-refractivity contribution in [1.82, 2.24) is 0 Å². The molecule has 376 valence electrons. The van der Waals surface area contributed by atoms with Gasteiger partial charge in [0, 0.05) is 19.4 Å². The van der Waals surface area contributed by atoms with Gasteiger partial charge in [0.1, 0.15) is 6.61 Å². The Hall–Kier alpha value is -3.44. The van der Waals surface area contributed by atoms with Crippen LogP contribution in [-0.4, -0.2) is 37.9 Å². The minimum atomic E-state index is -0.572. The van der Waals surface area contributed by atoms with Crippen LogP contribution >= 0.6 is 0 Å². The molecule has 1 atom stereocenters. The summed E-state index contributed by atoms with van der Waals surface area (Å²) >= 11 is 0. The van der Waals surface area contributed by atoms with Crippen LogP contribution in [0.15, 0.2) is 109 Å². The third-order valence-electron chi connectivity index (χ3n) is 11.3. The third-order valence-corrected chi connectivity index (χ3v) is 11.3. The number of unbranched alkanes of at least 4 members (excludes halogenated alkanes) is 20. The van der Waals surface area contributed by atoms with E-state index in [2.05, 4.69) is 130 Å². The molecule has 0 amide bonds. The van der Waals surface area contributed by atoms with Crippen LogP contribution < -0.4 is 0 Å². The first kappa shape index (κ1) is 62.6. The summed E-state index contributed by atoms with van der Waals surface area (Å²) in [5.74, 6) is -0.452. The molecule has 66 heavy (non-hydrogen) atoms. The summed E-state index contributed by atoms with van der Waals surface area (Å²) in [6, 6.07) is 0. The predicted molar refractivity (Wildman–Crippen MR) is 288 cm³/mol. The third kappa shape index (κ3) is 53.2. The summed E-state index contributed by atoms with van der Waals surface area (Å²) in [7, 11) is 0. The molecule has 0 spiro atoms. The molecule has 0 aliphatic rings. The van der Waals surface area contributed by atoms with Crippen molar-refractivity contribution >= 4 is 11.9 Å². The average molecular weight is 915 g/mol. The van der Waals surface area contributed by atoms with Crippen LogP contribution in [0.1, 0.15) is 239 Å². The fourth-order valence-electron chi connectivity index (χ4n) is 7.29. The lowest BCUT2D eigenvalue weighted by Crippen LogP contribution is -2.30. The van der Waals surface area contributed by atoms with Crippen LogP contribution in [0.5, 0.6) is 0 Å². The number of ether oxygens (including phenoxy) is 3. The first-order valence-corrected chi connectivity index (χ1v) is 27.4. The Labute approximate surface area is 408 Å². The highest BCUT2D eigenvalue weighted by atomic mass is 16.6. The first-order valence-electron chi connectivity index (χ1n) is 27.4. The highest BCUT2D eigenvalue weighted by Gasteiger charge is 2.17. The summed E-state index contributed by atoms with van der Waals surface area (Å²) in [5.41, 5.74) is 0. The number of esters is 2. The molecule has 0 aliphatic carbocycles. The Bertz CT molecular complexity index is 1310. The van der Waals surface area contributed by atoms with Gasteiger partial charge in [-0.2, -0.15) is 0 Å². The van der Waals surface area contributed by atoms with Gasteiger partial charge in [0.15, 0.2) is 6.10 Å². The fraction of sp³-hybridized carbons (Fsp3) is 0.672. The van der Waals surface area contributed by atoms with E-state index >= 15 is 0 Å². The molecule has 0 aliphatic heterocycles. The quantitative estimate of drug-likeness (QED) is 0.0346. The van der Waals surface area contributed by atoms with E-state index in [1.807, 2.05) is 0 Å². The van der Waals surface area contributed by atoms with Gasteiger partial charge >= 0.3 is 11.9 Å². The Balaban J connectivity index is 4.40. The number of allylic oxidation sites excluding steroid dienone is 18. The zero-order valence-corrected chi connectivity index (χ0v) is 43.2.